The van der Waals surface area contributed by atoms with E-state index < -0.39 is 32.1 Å². The number of carboxylic acid groups (broad SMARTS) is 1. The average molecular weight is 498 g/mol. The predicted octanol–water partition coefficient (Wildman–Crippen LogP) is 4.88. The highest BCUT2D eigenvalue weighted by Crippen LogP contribution is 2.63. The maximum Gasteiger partial charge on any atom is 0.322 e. The van der Waals surface area contributed by atoms with Crippen LogP contribution in [0.15, 0.2) is 91.0 Å². The minimum absolute atomic E-state index is 0.0380. The normalized spacial score (nSPS) is 19.7. The van der Waals surface area contributed by atoms with Crippen LogP contribution in [0, 0.1) is 0 Å². The predicted molar refractivity (Wildman–Crippen MR) is 139 cm³/mol. The summed E-state index contributed by atoms with van der Waals surface area (Å²) in [4.78, 5) is 12.1. The molecule has 0 saturated carbocycles. The van der Waals surface area contributed by atoms with Crippen LogP contribution in [0.5, 0.6) is 0 Å². The van der Waals surface area contributed by atoms with Crippen molar-refractivity contribution in [2.75, 3.05) is 12.8 Å². The van der Waals surface area contributed by atoms with Gasteiger partial charge in [-0.3, -0.25) is 4.79 Å². The summed E-state index contributed by atoms with van der Waals surface area (Å²) in [6, 6.07) is 29.9. The van der Waals surface area contributed by atoms with Crippen LogP contribution in [-0.2, 0) is 32.1 Å². The van der Waals surface area contributed by atoms with Gasteiger partial charge in [0.05, 0.1) is 6.26 Å². The molecule has 1 aliphatic heterocycles. The number of hydrogen-bond acceptors (Lipinski definition) is 3. The van der Waals surface area contributed by atoms with Gasteiger partial charge in [-0.1, -0.05) is 91.0 Å². The Hall–Kier alpha value is -2.61. The molecule has 1 fully saturated rings. The van der Waals surface area contributed by atoms with Gasteiger partial charge in [0.15, 0.2) is 0 Å². The van der Waals surface area contributed by atoms with Crippen molar-refractivity contribution in [2.24, 2.45) is 0 Å². The zero-order valence-corrected chi connectivity index (χ0v) is 20.9. The van der Waals surface area contributed by atoms with Gasteiger partial charge in [0, 0.05) is 29.1 Å². The van der Waals surface area contributed by atoms with E-state index in [2.05, 4.69) is 36.4 Å². The van der Waals surface area contributed by atoms with Gasteiger partial charge in [-0.2, -0.15) is 4.31 Å². The van der Waals surface area contributed by atoms with Crippen molar-refractivity contribution in [3.05, 3.63) is 108 Å². The summed E-state index contributed by atoms with van der Waals surface area (Å²) >= 11 is 0. The quantitative estimate of drug-likeness (QED) is 0.457. The van der Waals surface area contributed by atoms with E-state index in [0.717, 1.165) is 23.5 Å². The second-order valence-corrected chi connectivity index (χ2v) is 14.7. The Balaban J connectivity index is 1.82. The van der Waals surface area contributed by atoms with Crippen molar-refractivity contribution in [2.45, 2.75) is 35.0 Å². The number of nitrogens with zero attached hydrogens (tertiary/aromatic N) is 1. The number of hydrogen-bond donors (Lipinski definition) is 1. The summed E-state index contributed by atoms with van der Waals surface area (Å²) in [5, 5.41) is 9.86. The molecule has 0 spiro atoms. The molecule has 1 saturated heterocycles. The van der Waals surface area contributed by atoms with Gasteiger partial charge in [-0.05, 0) is 23.1 Å². The number of rotatable bonds is 9. The Kier molecular flexibility index (Phi) is 7.45. The lowest BCUT2D eigenvalue weighted by Crippen LogP contribution is -2.40. The first kappa shape index (κ1) is 24.5. The van der Waals surface area contributed by atoms with Crippen molar-refractivity contribution in [3.8, 4) is 0 Å². The lowest BCUT2D eigenvalue weighted by molar-refractivity contribution is -0.140. The van der Waals surface area contributed by atoms with E-state index in [1.165, 1.54) is 21.0 Å². The van der Waals surface area contributed by atoms with Gasteiger partial charge in [-0.25, -0.2) is 18.4 Å². The molecule has 4 rings (SSSR count). The van der Waals surface area contributed by atoms with Gasteiger partial charge >= 0.3 is 5.97 Å². The first-order chi connectivity index (χ1) is 16.3. The number of aliphatic carboxylic acids is 1. The lowest BCUT2D eigenvalue weighted by atomic mass is 10.2. The highest BCUT2D eigenvalue weighted by molar-refractivity contribution is 8.32. The SMILES string of the molecule is CS(=O)(=O)N1C[C@H](S(Cc2ccccc2)(Cc2ccccc2)Cc2ccccc2)C[C@H]1C(=O)O. The van der Waals surface area contributed by atoms with E-state index in [9.17, 15) is 18.3 Å². The summed E-state index contributed by atoms with van der Waals surface area (Å²) in [5.74, 6) is 1.37. The molecule has 1 aliphatic rings. The van der Waals surface area contributed by atoms with Crippen LogP contribution in [0.4, 0.5) is 0 Å². The fraction of sp³-hybridized carbons (Fsp3) is 0.296. The van der Waals surface area contributed by atoms with Gasteiger partial charge in [0.2, 0.25) is 10.0 Å². The fourth-order valence-corrected chi connectivity index (χ4v) is 10.8. The monoisotopic (exact) mass is 497 g/mol. The van der Waals surface area contributed by atoms with Gasteiger partial charge in [0.1, 0.15) is 6.04 Å². The van der Waals surface area contributed by atoms with Crippen LogP contribution in [0.1, 0.15) is 23.1 Å². The molecule has 3 aromatic carbocycles. The van der Waals surface area contributed by atoms with Gasteiger partial charge in [-0.15, -0.1) is 0 Å². The minimum Gasteiger partial charge on any atom is -0.480 e. The molecule has 34 heavy (non-hydrogen) atoms. The molecular formula is C27H31NO4S2. The molecule has 0 aromatic heterocycles. The molecule has 7 heteroatoms. The third kappa shape index (κ3) is 5.71. The van der Waals surface area contributed by atoms with E-state index in [0.29, 0.717) is 6.42 Å². The van der Waals surface area contributed by atoms with E-state index in [-0.39, 0.29) is 11.8 Å². The molecule has 1 heterocycles. The molecule has 0 radical (unpaired) electrons. The third-order valence-corrected chi connectivity index (χ3v) is 12.3. The largest absolute Gasteiger partial charge is 0.480 e. The van der Waals surface area contributed by atoms with Crippen molar-refractivity contribution in [1.29, 1.82) is 0 Å². The summed E-state index contributed by atoms with van der Waals surface area (Å²) in [6.45, 7) is 0.248. The zero-order chi connectivity index (χ0) is 24.2. The Bertz CT molecular complexity index is 1100. The topological polar surface area (TPSA) is 74.7 Å². The molecule has 2 atom stereocenters. The number of benzene rings is 3. The van der Waals surface area contributed by atoms with Crippen molar-refractivity contribution >= 4 is 26.0 Å². The number of carbonyl (C=O) groups is 1. The van der Waals surface area contributed by atoms with Crippen molar-refractivity contribution < 1.29 is 18.3 Å². The van der Waals surface area contributed by atoms with E-state index in [1.807, 2.05) is 54.6 Å². The summed E-state index contributed by atoms with van der Waals surface area (Å²) in [7, 11) is -5.21. The zero-order valence-electron chi connectivity index (χ0n) is 19.3. The van der Waals surface area contributed by atoms with Crippen LogP contribution < -0.4 is 0 Å². The number of carboxylic acids is 1. The van der Waals surface area contributed by atoms with Crippen molar-refractivity contribution in [1.82, 2.24) is 4.31 Å². The Morgan fingerprint density at radius 2 is 1.18 bits per heavy atom. The highest BCUT2D eigenvalue weighted by Gasteiger charge is 2.48. The molecule has 1 N–H and O–H groups in total. The molecule has 0 unspecified atom stereocenters. The van der Waals surface area contributed by atoms with E-state index in [4.69, 9.17) is 0 Å². The maximum absolute atomic E-state index is 12.6. The smallest absolute Gasteiger partial charge is 0.322 e. The molecular weight excluding hydrogens is 466 g/mol. The average Bonchev–Trinajstić information content (AvgIpc) is 3.29. The van der Waals surface area contributed by atoms with Crippen LogP contribution in [-0.4, -0.2) is 47.9 Å². The fourth-order valence-electron chi connectivity index (χ4n) is 4.95. The van der Waals surface area contributed by atoms with E-state index >= 15 is 0 Å². The number of sulfonamides is 1. The standard InChI is InChI=1S/C27H31NO4S2/c1-33(31,32)28-18-25(17-26(28)27(29)30)34(19-22-11-5-2-6-12-22,20-23-13-7-3-8-14-23)21-24-15-9-4-10-16-24/h2-16,25-26H,17-21H2,1H3,(H,29,30)/t25-,26+/m1/s1. The molecule has 3 aromatic rings. The second kappa shape index (κ2) is 10.3. The van der Waals surface area contributed by atoms with Gasteiger partial charge in [0.25, 0.3) is 0 Å². The molecule has 0 amide bonds. The summed E-state index contributed by atoms with van der Waals surface area (Å²) < 4.78 is 26.3. The van der Waals surface area contributed by atoms with Crippen LogP contribution >= 0.6 is 10.0 Å². The van der Waals surface area contributed by atoms with Gasteiger partial charge < -0.3 is 5.11 Å². The molecule has 180 valence electrons. The van der Waals surface area contributed by atoms with Crippen LogP contribution in [0.25, 0.3) is 0 Å². The minimum atomic E-state index is -3.64. The third-order valence-electron chi connectivity index (χ3n) is 6.53. The Labute approximate surface area is 203 Å². The maximum atomic E-state index is 12.6. The summed E-state index contributed by atoms with van der Waals surface area (Å²) in [6.07, 6.45) is 1.46. The summed E-state index contributed by atoms with van der Waals surface area (Å²) in [5.41, 5.74) is 3.61. The first-order valence-electron chi connectivity index (χ1n) is 11.3. The molecule has 0 bridgehead atoms. The second-order valence-electron chi connectivity index (χ2n) is 9.05. The highest BCUT2D eigenvalue weighted by atomic mass is 32.3. The Morgan fingerprint density at radius 1 is 0.794 bits per heavy atom. The van der Waals surface area contributed by atoms with Crippen LogP contribution in [0.3, 0.4) is 0 Å². The molecule has 5 nitrogen and oxygen atoms in total. The van der Waals surface area contributed by atoms with Crippen molar-refractivity contribution in [3.63, 3.8) is 0 Å². The first-order valence-corrected chi connectivity index (χ1v) is 15.4. The van der Waals surface area contributed by atoms with Crippen LogP contribution in [0.2, 0.25) is 0 Å². The van der Waals surface area contributed by atoms with E-state index in [1.54, 1.807) is 0 Å². The lowest BCUT2D eigenvalue weighted by Gasteiger charge is -2.46. The Morgan fingerprint density at radius 3 is 1.47 bits per heavy atom. The molecule has 0 aliphatic carbocycles.